The zero-order valence-electron chi connectivity index (χ0n) is 22.7. The molecule has 4 aromatic carbocycles. The number of nitrogens with one attached hydrogen (secondary N) is 1. The molecule has 208 valence electrons. The molecule has 40 heavy (non-hydrogen) atoms. The molecule has 0 heterocycles. The second-order valence-corrected chi connectivity index (χ2v) is 12.7. The van der Waals surface area contributed by atoms with Crippen molar-refractivity contribution in [2.24, 2.45) is 0 Å². The predicted octanol–water partition coefficient (Wildman–Crippen LogP) is 7.24. The summed E-state index contributed by atoms with van der Waals surface area (Å²) in [4.78, 5) is 15.6. The zero-order valence-corrected chi connectivity index (χ0v) is 25.1. The fourth-order valence-corrected chi connectivity index (χ4v) is 6.78. The normalized spacial score (nSPS) is 11.2. The van der Waals surface area contributed by atoms with Crippen LogP contribution in [0.1, 0.15) is 18.1 Å². The van der Waals surface area contributed by atoms with E-state index in [4.69, 9.17) is 4.74 Å². The Balaban J connectivity index is 1.56. The van der Waals surface area contributed by atoms with Gasteiger partial charge in [0, 0.05) is 21.2 Å². The molecule has 0 fully saturated rings. The molecule has 0 aromatic heterocycles. The second kappa shape index (κ2) is 13.8. The molecular formula is C31H32N2O4S3. The van der Waals surface area contributed by atoms with Gasteiger partial charge >= 0.3 is 0 Å². The van der Waals surface area contributed by atoms with E-state index in [9.17, 15) is 13.2 Å². The van der Waals surface area contributed by atoms with Crippen LogP contribution in [-0.4, -0.2) is 33.7 Å². The molecular weight excluding hydrogens is 561 g/mol. The molecule has 4 aromatic rings. The van der Waals surface area contributed by atoms with Crippen molar-refractivity contribution in [3.8, 4) is 5.75 Å². The summed E-state index contributed by atoms with van der Waals surface area (Å²) in [5.41, 5.74) is 2.97. The van der Waals surface area contributed by atoms with Crippen LogP contribution < -0.4 is 14.4 Å². The number of anilines is 2. The number of sulfonamides is 1. The van der Waals surface area contributed by atoms with Gasteiger partial charge in [-0.15, -0.1) is 23.5 Å². The third kappa shape index (κ3) is 7.41. The smallest absolute Gasteiger partial charge is 0.264 e. The van der Waals surface area contributed by atoms with E-state index in [1.165, 1.54) is 16.7 Å². The van der Waals surface area contributed by atoms with Crippen LogP contribution in [0.2, 0.25) is 0 Å². The SMILES string of the molecule is CCOc1ccccc1N(CC(=O)Nc1ccc(CSc2ccccc2)cc1C)S(=O)(=O)c1ccc(SC)cc1. The van der Waals surface area contributed by atoms with Gasteiger partial charge in [0.25, 0.3) is 10.0 Å². The highest BCUT2D eigenvalue weighted by atomic mass is 32.2. The Morgan fingerprint density at radius 3 is 2.27 bits per heavy atom. The highest BCUT2D eigenvalue weighted by Crippen LogP contribution is 2.33. The number of carbonyl (C=O) groups is 1. The minimum absolute atomic E-state index is 0.0980. The minimum atomic E-state index is -4.08. The van der Waals surface area contributed by atoms with Crippen molar-refractivity contribution in [3.63, 3.8) is 0 Å². The Labute approximate surface area is 245 Å². The van der Waals surface area contributed by atoms with E-state index in [2.05, 4.69) is 17.4 Å². The fourth-order valence-electron chi connectivity index (χ4n) is 4.07. The second-order valence-electron chi connectivity index (χ2n) is 8.89. The standard InChI is InChI=1S/C31H32N2O4S3/c1-4-37-30-13-9-8-12-29(30)33(40(35,36)27-17-15-25(38-3)16-18-27)21-31(34)32-28-19-14-24(20-23(28)2)22-39-26-10-6-5-7-11-26/h5-20H,4,21-22H2,1-3H3,(H,32,34). The summed E-state index contributed by atoms with van der Waals surface area (Å²) in [7, 11) is -4.08. The number of aryl methyl sites for hydroxylation is 1. The van der Waals surface area contributed by atoms with Gasteiger partial charge in [-0.2, -0.15) is 0 Å². The van der Waals surface area contributed by atoms with Crippen molar-refractivity contribution in [2.45, 2.75) is 34.3 Å². The van der Waals surface area contributed by atoms with Gasteiger partial charge in [0.05, 0.1) is 17.2 Å². The minimum Gasteiger partial charge on any atom is -0.492 e. The van der Waals surface area contributed by atoms with E-state index >= 15 is 0 Å². The lowest BCUT2D eigenvalue weighted by molar-refractivity contribution is -0.114. The van der Waals surface area contributed by atoms with Crippen LogP contribution >= 0.6 is 23.5 Å². The first-order valence-electron chi connectivity index (χ1n) is 12.8. The van der Waals surface area contributed by atoms with Crippen LogP contribution in [0, 0.1) is 6.92 Å². The fraction of sp³-hybridized carbons (Fsp3) is 0.194. The lowest BCUT2D eigenvalue weighted by Gasteiger charge is -2.26. The van der Waals surface area contributed by atoms with Crippen LogP contribution in [-0.2, 0) is 20.6 Å². The van der Waals surface area contributed by atoms with Gasteiger partial charge in [-0.1, -0.05) is 42.5 Å². The molecule has 0 saturated carbocycles. The topological polar surface area (TPSA) is 75.7 Å². The zero-order chi connectivity index (χ0) is 28.5. The number of para-hydroxylation sites is 2. The number of hydrogen-bond donors (Lipinski definition) is 1. The van der Waals surface area contributed by atoms with E-state index in [-0.39, 0.29) is 4.90 Å². The highest BCUT2D eigenvalue weighted by Gasteiger charge is 2.29. The van der Waals surface area contributed by atoms with Crippen LogP contribution in [0.15, 0.2) is 112 Å². The van der Waals surface area contributed by atoms with Gasteiger partial charge in [0.15, 0.2) is 0 Å². The van der Waals surface area contributed by atoms with Gasteiger partial charge < -0.3 is 10.1 Å². The molecule has 0 aliphatic rings. The number of thioether (sulfide) groups is 2. The van der Waals surface area contributed by atoms with E-state index in [1.54, 1.807) is 60.3 Å². The number of rotatable bonds is 12. The number of ether oxygens (including phenoxy) is 1. The average molecular weight is 593 g/mol. The van der Waals surface area contributed by atoms with Crippen LogP contribution in [0.5, 0.6) is 5.75 Å². The Hall–Kier alpha value is -3.40. The first kappa shape index (κ1) is 29.6. The summed E-state index contributed by atoms with van der Waals surface area (Å²) in [6.07, 6.45) is 1.93. The van der Waals surface area contributed by atoms with Gasteiger partial charge in [0.1, 0.15) is 12.3 Å². The largest absolute Gasteiger partial charge is 0.492 e. The monoisotopic (exact) mass is 592 g/mol. The number of amides is 1. The summed E-state index contributed by atoms with van der Waals surface area (Å²) >= 11 is 3.27. The Morgan fingerprint density at radius 1 is 0.900 bits per heavy atom. The number of hydrogen-bond acceptors (Lipinski definition) is 6. The van der Waals surface area contributed by atoms with Gasteiger partial charge in [-0.05, 0) is 85.8 Å². The van der Waals surface area contributed by atoms with Crippen LogP contribution in [0.4, 0.5) is 11.4 Å². The molecule has 0 spiro atoms. The molecule has 9 heteroatoms. The molecule has 1 N–H and O–H groups in total. The number of carbonyl (C=O) groups excluding carboxylic acids is 1. The summed E-state index contributed by atoms with van der Waals surface area (Å²) < 4.78 is 34.6. The van der Waals surface area contributed by atoms with Crippen LogP contribution in [0.3, 0.4) is 0 Å². The third-order valence-electron chi connectivity index (χ3n) is 6.08. The van der Waals surface area contributed by atoms with Crippen molar-refractivity contribution in [2.75, 3.05) is 29.0 Å². The maximum Gasteiger partial charge on any atom is 0.264 e. The predicted molar refractivity (Wildman–Crippen MR) is 166 cm³/mol. The lowest BCUT2D eigenvalue weighted by atomic mass is 10.1. The summed E-state index contributed by atoms with van der Waals surface area (Å²) in [6, 6.07) is 29.5. The lowest BCUT2D eigenvalue weighted by Crippen LogP contribution is -2.38. The molecule has 4 rings (SSSR count). The molecule has 1 amide bonds. The number of benzene rings is 4. The number of nitrogens with zero attached hydrogens (tertiary/aromatic N) is 1. The van der Waals surface area contributed by atoms with Crippen molar-refractivity contribution in [3.05, 3.63) is 108 Å². The van der Waals surface area contributed by atoms with Gasteiger partial charge in [-0.25, -0.2) is 8.42 Å². The van der Waals surface area contributed by atoms with E-state index in [1.807, 2.05) is 56.5 Å². The van der Waals surface area contributed by atoms with Crippen molar-refractivity contribution < 1.29 is 17.9 Å². The Bertz CT molecular complexity index is 1540. The molecule has 0 atom stereocenters. The summed E-state index contributed by atoms with van der Waals surface area (Å²) in [5.74, 6) is 0.734. The van der Waals surface area contributed by atoms with Crippen molar-refractivity contribution in [1.29, 1.82) is 0 Å². The maximum atomic E-state index is 13.9. The van der Waals surface area contributed by atoms with Gasteiger partial charge in [0.2, 0.25) is 5.91 Å². The van der Waals surface area contributed by atoms with E-state index in [0.717, 1.165) is 26.1 Å². The Morgan fingerprint density at radius 2 is 1.60 bits per heavy atom. The van der Waals surface area contributed by atoms with E-state index in [0.29, 0.717) is 23.7 Å². The first-order valence-corrected chi connectivity index (χ1v) is 16.4. The Kier molecular flexibility index (Phi) is 10.2. The van der Waals surface area contributed by atoms with Crippen molar-refractivity contribution in [1.82, 2.24) is 0 Å². The molecule has 0 aliphatic carbocycles. The molecule has 6 nitrogen and oxygen atoms in total. The van der Waals surface area contributed by atoms with Crippen molar-refractivity contribution >= 4 is 50.8 Å². The first-order chi connectivity index (χ1) is 19.3. The molecule has 0 saturated heterocycles. The average Bonchev–Trinajstić information content (AvgIpc) is 2.97. The summed E-state index contributed by atoms with van der Waals surface area (Å²) in [5, 5.41) is 2.91. The third-order valence-corrected chi connectivity index (χ3v) is 9.68. The summed E-state index contributed by atoms with van der Waals surface area (Å²) in [6.45, 7) is 3.70. The molecule has 0 unspecified atom stereocenters. The van der Waals surface area contributed by atoms with Gasteiger partial charge in [-0.3, -0.25) is 9.10 Å². The molecule has 0 bridgehead atoms. The quantitative estimate of drug-likeness (QED) is 0.175. The van der Waals surface area contributed by atoms with Crippen LogP contribution in [0.25, 0.3) is 0 Å². The maximum absolute atomic E-state index is 13.9. The molecule has 0 radical (unpaired) electrons. The van der Waals surface area contributed by atoms with E-state index < -0.39 is 22.5 Å². The molecule has 0 aliphatic heterocycles. The highest BCUT2D eigenvalue weighted by molar-refractivity contribution is 7.98.